The third-order valence-corrected chi connectivity index (χ3v) is 3.49. The summed E-state index contributed by atoms with van der Waals surface area (Å²) in [5.74, 6) is 0.720. The monoisotopic (exact) mass is 366 g/mol. The zero-order valence-corrected chi connectivity index (χ0v) is 13.5. The van der Waals surface area contributed by atoms with Gasteiger partial charge in [0.15, 0.2) is 0 Å². The van der Waals surface area contributed by atoms with Gasteiger partial charge in [-0.2, -0.15) is 0 Å². The minimum Gasteiger partial charge on any atom is -0.497 e. The van der Waals surface area contributed by atoms with Crippen LogP contribution in [0.15, 0.2) is 53.0 Å². The van der Waals surface area contributed by atoms with Gasteiger partial charge in [0, 0.05) is 11.1 Å². The highest BCUT2D eigenvalue weighted by Gasteiger charge is 2.05. The second-order valence-electron chi connectivity index (χ2n) is 4.10. The summed E-state index contributed by atoms with van der Waals surface area (Å²) < 4.78 is 10.9. The van der Waals surface area contributed by atoms with Gasteiger partial charge < -0.3 is 9.47 Å². The fraction of sp³-hybridized carbons (Fsp3) is 0.0625. The third-order valence-electron chi connectivity index (χ3n) is 2.63. The molecule has 0 bridgehead atoms. The van der Waals surface area contributed by atoms with Crippen molar-refractivity contribution in [2.75, 3.05) is 7.11 Å². The molecule has 0 aliphatic rings. The number of esters is 1. The van der Waals surface area contributed by atoms with Crippen molar-refractivity contribution in [3.8, 4) is 11.5 Å². The number of hydrogen-bond donors (Lipinski definition) is 0. The van der Waals surface area contributed by atoms with E-state index in [1.165, 1.54) is 6.08 Å². The van der Waals surface area contributed by atoms with Gasteiger partial charge in [-0.25, -0.2) is 4.79 Å². The van der Waals surface area contributed by atoms with Crippen molar-refractivity contribution >= 4 is 39.6 Å². The Hall–Kier alpha value is -1.78. The number of carbonyl (C=O) groups is 1. The first-order valence-electron chi connectivity index (χ1n) is 6.07. The third kappa shape index (κ3) is 4.62. The average molecular weight is 368 g/mol. The maximum absolute atomic E-state index is 11.8. The number of methoxy groups -OCH3 is 1. The van der Waals surface area contributed by atoms with Gasteiger partial charge in [-0.3, -0.25) is 0 Å². The SMILES string of the molecule is COc1ccc(C=CC(=O)Oc2ccc(Cl)cc2Br)cc1. The molecule has 0 aliphatic heterocycles. The maximum atomic E-state index is 11.8. The number of rotatable bonds is 4. The van der Waals surface area contributed by atoms with Crippen LogP contribution >= 0.6 is 27.5 Å². The van der Waals surface area contributed by atoms with Crippen LogP contribution in [-0.4, -0.2) is 13.1 Å². The Morgan fingerprint density at radius 3 is 2.52 bits per heavy atom. The van der Waals surface area contributed by atoms with Crippen LogP contribution in [0.25, 0.3) is 6.08 Å². The topological polar surface area (TPSA) is 35.5 Å². The number of carbonyl (C=O) groups excluding carboxylic acids is 1. The van der Waals surface area contributed by atoms with Gasteiger partial charge in [0.2, 0.25) is 0 Å². The van der Waals surface area contributed by atoms with E-state index in [-0.39, 0.29) is 0 Å². The highest BCUT2D eigenvalue weighted by atomic mass is 79.9. The lowest BCUT2D eigenvalue weighted by Crippen LogP contribution is -2.04. The molecule has 0 saturated carbocycles. The Morgan fingerprint density at radius 2 is 1.90 bits per heavy atom. The van der Waals surface area contributed by atoms with E-state index in [1.807, 2.05) is 24.3 Å². The lowest BCUT2D eigenvalue weighted by Gasteiger charge is -2.04. The van der Waals surface area contributed by atoms with Gasteiger partial charge in [-0.15, -0.1) is 0 Å². The molecule has 2 rings (SSSR count). The minimum absolute atomic E-state index is 0.420. The standard InChI is InChI=1S/C16H12BrClO3/c1-20-13-6-2-11(3-7-13)4-9-16(19)21-15-8-5-12(18)10-14(15)17/h2-10H,1H3. The van der Waals surface area contributed by atoms with Gasteiger partial charge in [-0.1, -0.05) is 23.7 Å². The van der Waals surface area contributed by atoms with Gasteiger partial charge in [0.1, 0.15) is 11.5 Å². The first-order valence-corrected chi connectivity index (χ1v) is 7.24. The number of hydrogen-bond acceptors (Lipinski definition) is 3. The van der Waals surface area contributed by atoms with Crippen LogP contribution in [-0.2, 0) is 4.79 Å². The Balaban J connectivity index is 2.01. The van der Waals surface area contributed by atoms with E-state index < -0.39 is 5.97 Å². The second kappa shape index (κ2) is 7.29. The highest BCUT2D eigenvalue weighted by Crippen LogP contribution is 2.28. The summed E-state index contributed by atoms with van der Waals surface area (Å²) in [6.45, 7) is 0. The first-order chi connectivity index (χ1) is 10.1. The van der Waals surface area contributed by atoms with E-state index in [9.17, 15) is 4.79 Å². The molecule has 0 amide bonds. The molecule has 0 aliphatic carbocycles. The van der Waals surface area contributed by atoms with Gasteiger partial charge in [0.05, 0.1) is 11.6 Å². The summed E-state index contributed by atoms with van der Waals surface area (Å²) in [7, 11) is 1.60. The summed E-state index contributed by atoms with van der Waals surface area (Å²) in [5.41, 5.74) is 0.878. The molecule has 2 aromatic rings. The van der Waals surface area contributed by atoms with E-state index in [0.717, 1.165) is 11.3 Å². The average Bonchev–Trinajstić information content (AvgIpc) is 2.48. The molecule has 5 heteroatoms. The number of benzene rings is 2. The molecule has 3 nitrogen and oxygen atoms in total. The fourth-order valence-electron chi connectivity index (χ4n) is 1.58. The van der Waals surface area contributed by atoms with Crippen LogP contribution in [0, 0.1) is 0 Å². The van der Waals surface area contributed by atoms with E-state index in [0.29, 0.717) is 15.2 Å². The zero-order chi connectivity index (χ0) is 15.2. The van der Waals surface area contributed by atoms with Crippen LogP contribution in [0.5, 0.6) is 11.5 Å². The summed E-state index contributed by atoms with van der Waals surface area (Å²) in [6.07, 6.45) is 3.04. The summed E-state index contributed by atoms with van der Waals surface area (Å²) in [6, 6.07) is 12.3. The molecular formula is C16H12BrClO3. The molecule has 21 heavy (non-hydrogen) atoms. The smallest absolute Gasteiger partial charge is 0.336 e. The Labute approximate surface area is 136 Å². The number of ether oxygens (including phenoxy) is 2. The van der Waals surface area contributed by atoms with Crippen molar-refractivity contribution in [2.45, 2.75) is 0 Å². The van der Waals surface area contributed by atoms with Crippen LogP contribution in [0.4, 0.5) is 0 Å². The summed E-state index contributed by atoms with van der Waals surface area (Å²) in [4.78, 5) is 11.8. The van der Waals surface area contributed by atoms with Gasteiger partial charge >= 0.3 is 5.97 Å². The molecule has 0 aromatic heterocycles. The van der Waals surface area contributed by atoms with Gasteiger partial charge in [0.25, 0.3) is 0 Å². The quantitative estimate of drug-likeness (QED) is 0.445. The van der Waals surface area contributed by atoms with Crippen molar-refractivity contribution < 1.29 is 14.3 Å². The molecule has 108 valence electrons. The Morgan fingerprint density at radius 1 is 1.19 bits per heavy atom. The number of halogens is 2. The van der Waals surface area contributed by atoms with E-state index >= 15 is 0 Å². The van der Waals surface area contributed by atoms with Crippen LogP contribution in [0.3, 0.4) is 0 Å². The molecular weight excluding hydrogens is 356 g/mol. The van der Waals surface area contributed by atoms with Crippen molar-refractivity contribution in [2.24, 2.45) is 0 Å². The van der Waals surface area contributed by atoms with Crippen molar-refractivity contribution in [1.82, 2.24) is 0 Å². The van der Waals surface area contributed by atoms with E-state index in [2.05, 4.69) is 15.9 Å². The maximum Gasteiger partial charge on any atom is 0.336 e. The molecule has 0 spiro atoms. The first kappa shape index (κ1) is 15.6. The normalized spacial score (nSPS) is 10.6. The second-order valence-corrected chi connectivity index (χ2v) is 5.39. The molecule has 2 aromatic carbocycles. The molecule has 0 fully saturated rings. The molecule has 0 heterocycles. The van der Waals surface area contributed by atoms with Crippen molar-refractivity contribution in [1.29, 1.82) is 0 Å². The van der Waals surface area contributed by atoms with Crippen LogP contribution in [0.1, 0.15) is 5.56 Å². The van der Waals surface area contributed by atoms with Crippen molar-refractivity contribution in [3.63, 3.8) is 0 Å². The predicted molar refractivity (Wildman–Crippen MR) is 86.8 cm³/mol. The summed E-state index contributed by atoms with van der Waals surface area (Å²) in [5, 5.41) is 0.565. The van der Waals surface area contributed by atoms with Crippen LogP contribution < -0.4 is 9.47 Å². The molecule has 0 N–H and O–H groups in total. The molecule has 0 saturated heterocycles. The van der Waals surface area contributed by atoms with Crippen LogP contribution in [0.2, 0.25) is 5.02 Å². The zero-order valence-electron chi connectivity index (χ0n) is 11.2. The summed E-state index contributed by atoms with van der Waals surface area (Å²) >= 11 is 9.11. The Bertz CT molecular complexity index is 666. The predicted octanol–water partition coefficient (Wildman–Crippen LogP) is 4.73. The Kier molecular flexibility index (Phi) is 5.42. The van der Waals surface area contributed by atoms with E-state index in [4.69, 9.17) is 21.1 Å². The van der Waals surface area contributed by atoms with E-state index in [1.54, 1.807) is 31.4 Å². The fourth-order valence-corrected chi connectivity index (χ4v) is 2.34. The molecule has 0 radical (unpaired) electrons. The minimum atomic E-state index is -0.464. The van der Waals surface area contributed by atoms with Gasteiger partial charge in [-0.05, 0) is 57.9 Å². The van der Waals surface area contributed by atoms with Crippen molar-refractivity contribution in [3.05, 3.63) is 63.6 Å². The lowest BCUT2D eigenvalue weighted by molar-refractivity contribution is -0.128. The molecule has 0 atom stereocenters. The lowest BCUT2D eigenvalue weighted by atomic mass is 10.2. The molecule has 0 unspecified atom stereocenters. The largest absolute Gasteiger partial charge is 0.497 e. The highest BCUT2D eigenvalue weighted by molar-refractivity contribution is 9.10.